The molecule has 0 aromatic heterocycles. The highest BCUT2D eigenvalue weighted by molar-refractivity contribution is 5.98. The normalized spacial score (nSPS) is 12.8. The van der Waals surface area contributed by atoms with Crippen molar-refractivity contribution in [3.05, 3.63) is 45.5 Å². The highest BCUT2D eigenvalue weighted by Crippen LogP contribution is 2.31. The Hall–Kier alpha value is -3.38. The number of benzene rings is 1. The van der Waals surface area contributed by atoms with Crippen LogP contribution >= 0.6 is 0 Å². The lowest BCUT2D eigenvalue weighted by atomic mass is 10.1. The Morgan fingerprint density at radius 3 is 2.57 bits per heavy atom. The lowest BCUT2D eigenvalue weighted by Crippen LogP contribution is -2.43. The molecule has 0 unspecified atom stereocenters. The summed E-state index contributed by atoms with van der Waals surface area (Å²) in [6, 6.07) is 2.92. The van der Waals surface area contributed by atoms with Crippen molar-refractivity contribution in [3.63, 3.8) is 0 Å². The van der Waals surface area contributed by atoms with Crippen molar-refractivity contribution in [1.29, 1.82) is 0 Å². The van der Waals surface area contributed by atoms with Crippen LogP contribution in [0.2, 0.25) is 0 Å². The molecule has 1 aromatic rings. The second-order valence-corrected chi connectivity index (χ2v) is 5.38. The van der Waals surface area contributed by atoms with E-state index in [0.29, 0.717) is 0 Å². The van der Waals surface area contributed by atoms with E-state index in [9.17, 15) is 32.9 Å². The van der Waals surface area contributed by atoms with Crippen LogP contribution in [-0.4, -0.2) is 42.6 Å². The first-order chi connectivity index (χ1) is 13.1. The number of hydrogen-bond acceptors (Lipinski definition) is 5. The number of carbonyl (C=O) groups excluding carboxylic acids is 2. The van der Waals surface area contributed by atoms with Crippen LogP contribution in [0.25, 0.3) is 0 Å². The second-order valence-electron chi connectivity index (χ2n) is 5.38. The van der Waals surface area contributed by atoms with Crippen LogP contribution < -0.4 is 16.4 Å². The molecule has 0 saturated carbocycles. The third kappa shape index (κ3) is 7.09. The number of guanidine groups is 1. The number of nitro groups is 1. The van der Waals surface area contributed by atoms with Crippen LogP contribution in [0.5, 0.6) is 0 Å². The molecule has 0 fully saturated rings. The zero-order valence-corrected chi connectivity index (χ0v) is 14.7. The summed E-state index contributed by atoms with van der Waals surface area (Å²) in [7, 11) is 1.06. The Bertz CT molecular complexity index is 754. The first-order valence-corrected chi connectivity index (χ1v) is 7.83. The first-order valence-electron chi connectivity index (χ1n) is 7.83. The number of ether oxygens (including phenoxy) is 1. The average Bonchev–Trinajstić information content (AvgIpc) is 2.62. The Morgan fingerprint density at radius 2 is 2.00 bits per heavy atom. The predicted octanol–water partition coefficient (Wildman–Crippen LogP) is 0.853. The molecule has 4 N–H and O–H groups in total. The minimum absolute atomic E-state index is 0.0225. The number of methoxy groups -OCH3 is 1. The standard InChI is InChI=1S/C15H18F3N5O5/c1-28-13(25)11(7-4-8-20-14(19)22-23(26)27)21-12(24)9-5-2-3-6-10(9)15(16,17)18/h2-3,5-6,11H,4,7-8H2,1H3,(H,21,24)(H3,19,20,22)/t11-/m0/s1. The topological polar surface area (TPSA) is 149 Å². The van der Waals surface area contributed by atoms with Crippen molar-refractivity contribution in [2.24, 2.45) is 10.8 Å². The predicted molar refractivity (Wildman–Crippen MR) is 90.6 cm³/mol. The number of hydrogen-bond donors (Lipinski definition) is 3. The first kappa shape index (κ1) is 22.7. The molecule has 0 bridgehead atoms. The number of hydrazone groups is 1. The van der Waals surface area contributed by atoms with Gasteiger partial charge in [0.2, 0.25) is 0 Å². The van der Waals surface area contributed by atoms with Crippen molar-refractivity contribution < 1.29 is 32.5 Å². The maximum atomic E-state index is 13.0. The van der Waals surface area contributed by atoms with E-state index in [1.807, 2.05) is 0 Å². The molecule has 28 heavy (non-hydrogen) atoms. The molecule has 0 aliphatic heterocycles. The van der Waals surface area contributed by atoms with Gasteiger partial charge in [0.1, 0.15) is 11.1 Å². The van der Waals surface area contributed by atoms with Crippen molar-refractivity contribution in [3.8, 4) is 0 Å². The van der Waals surface area contributed by atoms with Crippen molar-refractivity contribution >= 4 is 17.8 Å². The molecule has 154 valence electrons. The van der Waals surface area contributed by atoms with Gasteiger partial charge in [-0.05, 0) is 25.0 Å². The lowest BCUT2D eigenvalue weighted by Gasteiger charge is -2.18. The third-order valence-electron chi connectivity index (χ3n) is 3.43. The van der Waals surface area contributed by atoms with Crippen LogP contribution in [0.4, 0.5) is 13.2 Å². The van der Waals surface area contributed by atoms with Gasteiger partial charge in [-0.15, -0.1) is 0 Å². The zero-order valence-electron chi connectivity index (χ0n) is 14.7. The zero-order chi connectivity index (χ0) is 21.3. The molecule has 1 aromatic carbocycles. The molecule has 0 aliphatic rings. The fourth-order valence-corrected chi connectivity index (χ4v) is 2.20. The van der Waals surface area contributed by atoms with Gasteiger partial charge in [0, 0.05) is 6.54 Å². The molecule has 1 amide bonds. The van der Waals surface area contributed by atoms with Gasteiger partial charge in [0.15, 0.2) is 5.03 Å². The average molecular weight is 405 g/mol. The lowest BCUT2D eigenvalue weighted by molar-refractivity contribution is -0.485. The van der Waals surface area contributed by atoms with Crippen LogP contribution in [0.1, 0.15) is 28.8 Å². The summed E-state index contributed by atoms with van der Waals surface area (Å²) in [6.45, 7) is 0.0612. The highest BCUT2D eigenvalue weighted by Gasteiger charge is 2.35. The Balaban J connectivity index is 2.79. The van der Waals surface area contributed by atoms with Crippen molar-refractivity contribution in [1.82, 2.24) is 10.6 Å². The van der Waals surface area contributed by atoms with Gasteiger partial charge in [-0.2, -0.15) is 13.2 Å². The van der Waals surface area contributed by atoms with Crippen LogP contribution in [0, 0.1) is 10.1 Å². The van der Waals surface area contributed by atoms with E-state index < -0.39 is 46.2 Å². The summed E-state index contributed by atoms with van der Waals surface area (Å²) in [5.41, 5.74) is 3.45. The summed E-state index contributed by atoms with van der Waals surface area (Å²) in [6.07, 6.45) is -4.59. The number of nitrogens with one attached hydrogen (secondary N) is 2. The van der Waals surface area contributed by atoms with Gasteiger partial charge in [0.25, 0.3) is 11.9 Å². The smallest absolute Gasteiger partial charge is 0.417 e. The maximum Gasteiger partial charge on any atom is 0.417 e. The van der Waals surface area contributed by atoms with E-state index in [4.69, 9.17) is 5.73 Å². The molecule has 0 spiro atoms. The van der Waals surface area contributed by atoms with Crippen LogP contribution in [0.3, 0.4) is 0 Å². The van der Waals surface area contributed by atoms with E-state index in [1.165, 1.54) is 6.07 Å². The maximum absolute atomic E-state index is 13.0. The van der Waals surface area contributed by atoms with Gasteiger partial charge in [-0.1, -0.05) is 12.1 Å². The summed E-state index contributed by atoms with van der Waals surface area (Å²) < 4.78 is 43.6. The summed E-state index contributed by atoms with van der Waals surface area (Å²) >= 11 is 0. The molecule has 0 radical (unpaired) electrons. The van der Waals surface area contributed by atoms with Crippen molar-refractivity contribution in [2.45, 2.75) is 25.1 Å². The number of esters is 1. The Morgan fingerprint density at radius 1 is 1.36 bits per heavy atom. The number of halogens is 3. The summed E-state index contributed by atoms with van der Waals surface area (Å²) in [5, 5.41) is 16.6. The number of rotatable bonds is 8. The second kappa shape index (κ2) is 10.1. The number of nitrogens with two attached hydrogens (primary N) is 1. The van der Waals surface area contributed by atoms with Gasteiger partial charge in [0.05, 0.1) is 18.2 Å². The van der Waals surface area contributed by atoms with E-state index in [1.54, 1.807) is 0 Å². The summed E-state index contributed by atoms with van der Waals surface area (Å²) in [4.78, 5) is 34.2. The fraction of sp³-hybridized carbons (Fsp3) is 0.400. The van der Waals surface area contributed by atoms with Gasteiger partial charge >= 0.3 is 12.1 Å². The Kier molecular flexibility index (Phi) is 8.16. The largest absolute Gasteiger partial charge is 0.467 e. The molecule has 1 atom stereocenters. The minimum atomic E-state index is -4.74. The summed E-state index contributed by atoms with van der Waals surface area (Å²) in [5.74, 6) is -2.40. The van der Waals surface area contributed by atoms with E-state index in [0.717, 1.165) is 25.3 Å². The monoisotopic (exact) mass is 405 g/mol. The van der Waals surface area contributed by atoms with Crippen LogP contribution in [-0.2, 0) is 15.7 Å². The fourth-order valence-electron chi connectivity index (χ4n) is 2.20. The van der Waals surface area contributed by atoms with E-state index in [2.05, 4.69) is 20.5 Å². The SMILES string of the molecule is COC(=O)[C@H](CCCN/C(N)=N\[N+](=O)[O-])NC(=O)c1ccccc1C(F)(F)F. The van der Waals surface area contributed by atoms with Crippen molar-refractivity contribution in [2.75, 3.05) is 13.7 Å². The van der Waals surface area contributed by atoms with Gasteiger partial charge in [-0.25, -0.2) is 14.9 Å². The Labute approximate surface area is 157 Å². The molecule has 0 heterocycles. The van der Waals surface area contributed by atoms with Crippen LogP contribution in [0.15, 0.2) is 29.4 Å². The molecule has 0 saturated heterocycles. The highest BCUT2D eigenvalue weighted by atomic mass is 19.4. The molecule has 1 rings (SSSR count). The molecule has 0 aliphatic carbocycles. The van der Waals surface area contributed by atoms with E-state index >= 15 is 0 Å². The molecular weight excluding hydrogens is 387 g/mol. The number of nitrogens with zero attached hydrogens (tertiary/aromatic N) is 2. The minimum Gasteiger partial charge on any atom is -0.467 e. The molecule has 13 heteroatoms. The number of alkyl halides is 3. The molecular formula is C15H18F3N5O5. The van der Waals surface area contributed by atoms with Gasteiger partial charge < -0.3 is 21.1 Å². The number of amides is 1. The third-order valence-corrected chi connectivity index (χ3v) is 3.43. The quantitative estimate of drug-likeness (QED) is 0.145. The van der Waals surface area contributed by atoms with E-state index in [-0.39, 0.29) is 19.4 Å². The number of carbonyl (C=O) groups is 2. The van der Waals surface area contributed by atoms with Gasteiger partial charge in [-0.3, -0.25) is 4.79 Å². The molecule has 10 nitrogen and oxygen atoms in total.